The van der Waals surface area contributed by atoms with Gasteiger partial charge in [-0.1, -0.05) is 206 Å². The highest BCUT2D eigenvalue weighted by Gasteiger charge is 2.27. The Morgan fingerprint density at radius 2 is 0.804 bits per heavy atom. The summed E-state index contributed by atoms with van der Waals surface area (Å²) in [6.45, 7) is 4.46. The SMILES string of the molecule is CCCCCCCCCCCCCCCCCCCCCCC(=O)OCC(COP(=O)(O)OCC[N+](C)(C)C)OC(=O)CCCCCCCCCCCCCC. The van der Waals surface area contributed by atoms with E-state index in [1.807, 2.05) is 21.1 Å². The third-order valence-corrected chi connectivity index (χ3v) is 11.6. The number of phosphoric acid groups is 1. The minimum absolute atomic E-state index is 0.0369. The zero-order valence-corrected chi connectivity index (χ0v) is 38.5. The van der Waals surface area contributed by atoms with Crippen molar-refractivity contribution in [2.45, 2.75) is 238 Å². The molecule has 0 aliphatic rings. The number of carbonyl (C=O) groups excluding carboxylic acids is 2. The van der Waals surface area contributed by atoms with Gasteiger partial charge in [-0.3, -0.25) is 18.6 Å². The molecular weight excluding hydrogens is 725 g/mol. The summed E-state index contributed by atoms with van der Waals surface area (Å²) in [6.07, 6.45) is 40.1. The van der Waals surface area contributed by atoms with E-state index in [0.717, 1.165) is 38.5 Å². The first-order valence-corrected chi connectivity index (χ1v) is 25.3. The van der Waals surface area contributed by atoms with Gasteiger partial charge in [-0.2, -0.15) is 0 Å². The van der Waals surface area contributed by atoms with Gasteiger partial charge in [0.05, 0.1) is 27.7 Å². The molecule has 0 fully saturated rings. The van der Waals surface area contributed by atoms with E-state index >= 15 is 0 Å². The number of rotatable bonds is 44. The number of esters is 2. The maximum Gasteiger partial charge on any atom is 0.472 e. The molecule has 0 aliphatic heterocycles. The molecule has 0 heterocycles. The van der Waals surface area contributed by atoms with E-state index < -0.39 is 26.5 Å². The Morgan fingerprint density at radius 3 is 1.14 bits per heavy atom. The number of phosphoric ester groups is 1. The van der Waals surface area contributed by atoms with Crippen LogP contribution in [0.25, 0.3) is 0 Å². The molecule has 0 spiro atoms. The van der Waals surface area contributed by atoms with Crippen molar-refractivity contribution >= 4 is 19.8 Å². The van der Waals surface area contributed by atoms with Gasteiger partial charge < -0.3 is 18.9 Å². The quantitative estimate of drug-likeness (QED) is 0.0280. The van der Waals surface area contributed by atoms with Gasteiger partial charge in [0.15, 0.2) is 6.10 Å². The molecule has 0 saturated heterocycles. The van der Waals surface area contributed by atoms with Crippen LogP contribution in [0.4, 0.5) is 0 Å². The van der Waals surface area contributed by atoms with E-state index in [4.69, 9.17) is 18.5 Å². The lowest BCUT2D eigenvalue weighted by atomic mass is 10.0. The molecule has 56 heavy (non-hydrogen) atoms. The Kier molecular flexibility index (Phi) is 38.8. The van der Waals surface area contributed by atoms with Crippen molar-refractivity contribution in [2.24, 2.45) is 0 Å². The standard InChI is InChI=1S/C46H92NO8P/c1-6-8-10-12-14-16-18-20-21-22-23-24-25-26-27-29-30-32-34-36-38-45(48)52-42-44(43-54-56(50,51)53-41-40-47(3,4)5)55-46(49)39-37-35-33-31-28-19-17-15-13-11-9-7-2/h44H,6-43H2,1-5H3/p+1. The predicted octanol–water partition coefficient (Wildman–Crippen LogP) is 13.6. The first-order valence-electron chi connectivity index (χ1n) is 23.8. The zero-order chi connectivity index (χ0) is 41.4. The van der Waals surface area contributed by atoms with Gasteiger partial charge in [-0.25, -0.2) is 4.57 Å². The molecule has 10 heteroatoms. The summed E-state index contributed by atoms with van der Waals surface area (Å²) < 4.78 is 34.3. The van der Waals surface area contributed by atoms with Crippen molar-refractivity contribution < 1.29 is 42.1 Å². The molecule has 0 amide bonds. The second-order valence-corrected chi connectivity index (χ2v) is 19.0. The van der Waals surface area contributed by atoms with Crippen LogP contribution in [0.3, 0.4) is 0 Å². The molecule has 0 aromatic carbocycles. The van der Waals surface area contributed by atoms with Gasteiger partial charge in [0, 0.05) is 12.8 Å². The monoisotopic (exact) mass is 819 g/mol. The molecule has 0 saturated carbocycles. The van der Waals surface area contributed by atoms with Crippen LogP contribution < -0.4 is 0 Å². The van der Waals surface area contributed by atoms with E-state index in [9.17, 15) is 19.0 Å². The van der Waals surface area contributed by atoms with Crippen LogP contribution in [0.15, 0.2) is 0 Å². The van der Waals surface area contributed by atoms with Crippen LogP contribution in [0, 0.1) is 0 Å². The van der Waals surface area contributed by atoms with Crippen LogP contribution >= 0.6 is 7.82 Å². The molecule has 1 N–H and O–H groups in total. The molecule has 0 aromatic rings. The molecule has 0 radical (unpaired) electrons. The number of hydrogen-bond acceptors (Lipinski definition) is 7. The third kappa shape index (κ3) is 42.6. The van der Waals surface area contributed by atoms with E-state index in [0.29, 0.717) is 17.4 Å². The smallest absolute Gasteiger partial charge is 0.462 e. The lowest BCUT2D eigenvalue weighted by Crippen LogP contribution is -2.37. The summed E-state index contributed by atoms with van der Waals surface area (Å²) in [4.78, 5) is 35.4. The van der Waals surface area contributed by atoms with Crippen LogP contribution in [0.1, 0.15) is 232 Å². The molecule has 0 bridgehead atoms. The number of unbranched alkanes of at least 4 members (excludes halogenated alkanes) is 30. The number of likely N-dealkylation sites (N-methyl/N-ethyl adjacent to an activating group) is 1. The lowest BCUT2D eigenvalue weighted by Gasteiger charge is -2.24. The van der Waals surface area contributed by atoms with Crippen molar-refractivity contribution in [3.05, 3.63) is 0 Å². The summed E-state index contributed by atoms with van der Waals surface area (Å²) >= 11 is 0. The first-order chi connectivity index (χ1) is 27.0. The summed E-state index contributed by atoms with van der Waals surface area (Å²) in [5.74, 6) is -0.782. The predicted molar refractivity (Wildman–Crippen MR) is 234 cm³/mol. The van der Waals surface area contributed by atoms with Gasteiger partial charge in [0.1, 0.15) is 19.8 Å². The normalized spacial score (nSPS) is 13.5. The largest absolute Gasteiger partial charge is 0.472 e. The highest BCUT2D eigenvalue weighted by atomic mass is 31.2. The number of ether oxygens (including phenoxy) is 2. The van der Waals surface area contributed by atoms with Crippen molar-refractivity contribution in [3.63, 3.8) is 0 Å². The highest BCUT2D eigenvalue weighted by Crippen LogP contribution is 2.43. The molecular formula is C46H93NO8P+. The minimum atomic E-state index is -4.37. The molecule has 2 atom stereocenters. The Hall–Kier alpha value is -0.990. The van der Waals surface area contributed by atoms with Crippen molar-refractivity contribution in [3.8, 4) is 0 Å². The second-order valence-electron chi connectivity index (χ2n) is 17.5. The summed E-state index contributed by atoms with van der Waals surface area (Å²) in [5, 5.41) is 0. The highest BCUT2D eigenvalue weighted by molar-refractivity contribution is 7.47. The Morgan fingerprint density at radius 1 is 0.482 bits per heavy atom. The average molecular weight is 819 g/mol. The molecule has 2 unspecified atom stereocenters. The zero-order valence-electron chi connectivity index (χ0n) is 37.6. The van der Waals surface area contributed by atoms with Gasteiger partial charge >= 0.3 is 19.8 Å². The van der Waals surface area contributed by atoms with Crippen molar-refractivity contribution in [1.82, 2.24) is 0 Å². The number of nitrogens with zero attached hydrogens (tertiary/aromatic N) is 1. The van der Waals surface area contributed by atoms with Gasteiger partial charge in [0.2, 0.25) is 0 Å². The first kappa shape index (κ1) is 55.0. The number of quaternary nitrogens is 1. The fourth-order valence-corrected chi connectivity index (χ4v) is 7.64. The van der Waals surface area contributed by atoms with E-state index in [2.05, 4.69) is 13.8 Å². The minimum Gasteiger partial charge on any atom is -0.462 e. The Labute approximate surface area is 346 Å². The molecule has 0 aliphatic carbocycles. The van der Waals surface area contributed by atoms with E-state index in [1.54, 1.807) is 0 Å². The third-order valence-electron chi connectivity index (χ3n) is 10.6. The summed E-state index contributed by atoms with van der Waals surface area (Å²) in [6, 6.07) is 0. The van der Waals surface area contributed by atoms with Crippen LogP contribution in [0.2, 0.25) is 0 Å². The van der Waals surface area contributed by atoms with Gasteiger partial charge in [0.25, 0.3) is 0 Å². The fourth-order valence-electron chi connectivity index (χ4n) is 6.90. The van der Waals surface area contributed by atoms with E-state index in [1.165, 1.54) is 167 Å². The molecule has 0 rings (SSSR count). The molecule has 334 valence electrons. The Balaban J connectivity index is 4.19. The lowest BCUT2D eigenvalue weighted by molar-refractivity contribution is -0.870. The second kappa shape index (κ2) is 39.5. The topological polar surface area (TPSA) is 108 Å². The molecule has 0 aromatic heterocycles. The van der Waals surface area contributed by atoms with Crippen LogP contribution in [0.5, 0.6) is 0 Å². The van der Waals surface area contributed by atoms with Crippen molar-refractivity contribution in [1.29, 1.82) is 0 Å². The van der Waals surface area contributed by atoms with Gasteiger partial charge in [-0.05, 0) is 12.8 Å². The molecule has 9 nitrogen and oxygen atoms in total. The van der Waals surface area contributed by atoms with Crippen LogP contribution in [-0.2, 0) is 32.7 Å². The van der Waals surface area contributed by atoms with Crippen LogP contribution in [-0.4, -0.2) is 74.9 Å². The average Bonchev–Trinajstić information content (AvgIpc) is 3.15. The Bertz CT molecular complexity index is 927. The maximum atomic E-state index is 12.7. The summed E-state index contributed by atoms with van der Waals surface area (Å²) in [5.41, 5.74) is 0. The number of hydrogen-bond donors (Lipinski definition) is 1. The fraction of sp³-hybridized carbons (Fsp3) is 0.957. The van der Waals surface area contributed by atoms with Crippen molar-refractivity contribution in [2.75, 3.05) is 47.5 Å². The maximum absolute atomic E-state index is 12.7. The summed E-state index contributed by atoms with van der Waals surface area (Å²) in [7, 11) is 1.49. The number of carbonyl (C=O) groups is 2. The van der Waals surface area contributed by atoms with E-state index in [-0.39, 0.29) is 25.6 Å². The van der Waals surface area contributed by atoms with Gasteiger partial charge in [-0.15, -0.1) is 0 Å².